The van der Waals surface area contributed by atoms with Crippen LogP contribution in [0.4, 0.5) is 4.79 Å². The summed E-state index contributed by atoms with van der Waals surface area (Å²) in [5.41, 5.74) is 0.237. The van der Waals surface area contributed by atoms with Crippen molar-refractivity contribution in [2.75, 3.05) is 19.6 Å². The summed E-state index contributed by atoms with van der Waals surface area (Å²) < 4.78 is 0. The number of nitrogens with zero attached hydrogens (tertiary/aromatic N) is 1. The average molecular weight is 345 g/mol. The van der Waals surface area contributed by atoms with E-state index in [0.717, 1.165) is 50.9 Å². The van der Waals surface area contributed by atoms with Crippen molar-refractivity contribution in [2.45, 2.75) is 63.1 Å². The molecule has 1 aliphatic carbocycles. The van der Waals surface area contributed by atoms with Crippen LogP contribution in [-0.2, 0) is 5.60 Å². The maximum Gasteiger partial charge on any atom is 0.315 e. The number of piperidine rings is 1. The van der Waals surface area contributed by atoms with Gasteiger partial charge in [0.1, 0.15) is 0 Å². The number of hydrogen-bond acceptors (Lipinski definition) is 3. The molecule has 1 aliphatic heterocycles. The van der Waals surface area contributed by atoms with Crippen molar-refractivity contribution in [3.63, 3.8) is 0 Å². The Morgan fingerprint density at radius 1 is 1.16 bits per heavy atom. The first-order valence-corrected chi connectivity index (χ1v) is 9.66. The van der Waals surface area contributed by atoms with E-state index in [1.807, 2.05) is 30.3 Å². The molecule has 5 heteroatoms. The maximum atomic E-state index is 12.3. The molecule has 1 heterocycles. The van der Waals surface area contributed by atoms with Crippen molar-refractivity contribution in [3.8, 4) is 0 Å². The van der Waals surface area contributed by atoms with Crippen LogP contribution in [0.2, 0.25) is 0 Å². The molecular weight excluding hydrogens is 314 g/mol. The molecule has 3 rings (SSSR count). The van der Waals surface area contributed by atoms with E-state index in [4.69, 9.17) is 0 Å². The minimum absolute atomic E-state index is 0.0573. The highest BCUT2D eigenvalue weighted by atomic mass is 16.3. The van der Waals surface area contributed by atoms with Crippen LogP contribution in [0, 0.1) is 0 Å². The van der Waals surface area contributed by atoms with Crippen molar-refractivity contribution >= 4 is 6.03 Å². The molecule has 0 radical (unpaired) electrons. The van der Waals surface area contributed by atoms with Gasteiger partial charge in [0.05, 0.1) is 5.60 Å². The molecule has 0 spiro atoms. The largest absolute Gasteiger partial charge is 0.385 e. The van der Waals surface area contributed by atoms with Gasteiger partial charge in [0, 0.05) is 18.6 Å². The van der Waals surface area contributed by atoms with Crippen molar-refractivity contribution in [2.24, 2.45) is 0 Å². The monoisotopic (exact) mass is 345 g/mol. The Hall–Kier alpha value is -1.59. The van der Waals surface area contributed by atoms with Crippen molar-refractivity contribution in [1.29, 1.82) is 0 Å². The molecule has 138 valence electrons. The van der Waals surface area contributed by atoms with Crippen LogP contribution >= 0.6 is 0 Å². The zero-order valence-corrected chi connectivity index (χ0v) is 15.2. The SMILES string of the molecule is CCN1CCCC(NC(=O)NC2CCC(O)(c3ccccc3)CC2)C1. The Kier molecular flexibility index (Phi) is 5.97. The molecule has 1 saturated heterocycles. The highest BCUT2D eigenvalue weighted by Gasteiger charge is 2.35. The summed E-state index contributed by atoms with van der Waals surface area (Å²) in [6.07, 6.45) is 5.20. The third-order valence-electron chi connectivity index (χ3n) is 5.75. The molecule has 1 unspecified atom stereocenters. The van der Waals surface area contributed by atoms with Crippen LogP contribution in [0.25, 0.3) is 0 Å². The lowest BCUT2D eigenvalue weighted by atomic mass is 9.78. The van der Waals surface area contributed by atoms with E-state index >= 15 is 0 Å². The lowest BCUT2D eigenvalue weighted by molar-refractivity contribution is -0.00738. The van der Waals surface area contributed by atoms with Gasteiger partial charge in [-0.2, -0.15) is 0 Å². The highest BCUT2D eigenvalue weighted by Crippen LogP contribution is 2.36. The first-order chi connectivity index (χ1) is 12.1. The lowest BCUT2D eigenvalue weighted by Crippen LogP contribution is -2.53. The van der Waals surface area contributed by atoms with E-state index in [2.05, 4.69) is 22.5 Å². The Balaban J connectivity index is 1.45. The number of rotatable bonds is 4. The first-order valence-electron chi connectivity index (χ1n) is 9.66. The summed E-state index contributed by atoms with van der Waals surface area (Å²) in [6, 6.07) is 10.2. The van der Waals surface area contributed by atoms with E-state index in [1.54, 1.807) is 0 Å². The number of carbonyl (C=O) groups excluding carboxylic acids is 1. The number of carbonyl (C=O) groups is 1. The van der Waals surface area contributed by atoms with Gasteiger partial charge in [-0.3, -0.25) is 0 Å². The second-order valence-electron chi connectivity index (χ2n) is 7.52. The van der Waals surface area contributed by atoms with Crippen LogP contribution in [0.3, 0.4) is 0 Å². The number of nitrogens with one attached hydrogen (secondary N) is 2. The summed E-state index contributed by atoms with van der Waals surface area (Å²) in [6.45, 7) is 5.29. The Labute approximate surface area is 150 Å². The number of benzene rings is 1. The zero-order valence-electron chi connectivity index (χ0n) is 15.2. The first kappa shape index (κ1) is 18.2. The predicted molar refractivity (Wildman–Crippen MR) is 99.4 cm³/mol. The van der Waals surface area contributed by atoms with Gasteiger partial charge in [0.2, 0.25) is 0 Å². The summed E-state index contributed by atoms with van der Waals surface area (Å²) in [5.74, 6) is 0. The van der Waals surface area contributed by atoms with Gasteiger partial charge in [-0.05, 0) is 57.2 Å². The molecule has 2 fully saturated rings. The molecular formula is C20H31N3O2. The second kappa shape index (κ2) is 8.19. The van der Waals surface area contributed by atoms with Gasteiger partial charge >= 0.3 is 6.03 Å². The van der Waals surface area contributed by atoms with Crippen molar-refractivity contribution < 1.29 is 9.90 Å². The fourth-order valence-electron chi connectivity index (χ4n) is 4.15. The van der Waals surface area contributed by atoms with E-state index in [-0.39, 0.29) is 18.1 Å². The number of urea groups is 1. The number of likely N-dealkylation sites (N-methyl/N-ethyl adjacent to an activating group) is 1. The minimum Gasteiger partial charge on any atom is -0.385 e. The fraction of sp³-hybridized carbons (Fsp3) is 0.650. The second-order valence-corrected chi connectivity index (χ2v) is 7.52. The number of hydrogen-bond donors (Lipinski definition) is 3. The Morgan fingerprint density at radius 3 is 2.52 bits per heavy atom. The van der Waals surface area contributed by atoms with Crippen LogP contribution in [0.5, 0.6) is 0 Å². The van der Waals surface area contributed by atoms with Crippen LogP contribution in [0.15, 0.2) is 30.3 Å². The summed E-state index contributed by atoms with van der Waals surface area (Å²) >= 11 is 0. The number of amides is 2. The van der Waals surface area contributed by atoms with Gasteiger partial charge < -0.3 is 20.6 Å². The molecule has 3 N–H and O–H groups in total. The summed E-state index contributed by atoms with van der Waals surface area (Å²) in [4.78, 5) is 14.7. The zero-order chi connectivity index (χ0) is 17.7. The molecule has 0 aromatic heterocycles. The average Bonchev–Trinajstić information content (AvgIpc) is 2.64. The van der Waals surface area contributed by atoms with Crippen LogP contribution in [-0.4, -0.2) is 47.8 Å². The Bertz CT molecular complexity index is 555. The maximum absolute atomic E-state index is 12.3. The third-order valence-corrected chi connectivity index (χ3v) is 5.75. The molecule has 25 heavy (non-hydrogen) atoms. The molecule has 5 nitrogen and oxygen atoms in total. The summed E-state index contributed by atoms with van der Waals surface area (Å²) in [7, 11) is 0. The smallest absolute Gasteiger partial charge is 0.315 e. The molecule has 1 saturated carbocycles. The fourth-order valence-corrected chi connectivity index (χ4v) is 4.15. The molecule has 1 aromatic carbocycles. The molecule has 0 bridgehead atoms. The van der Waals surface area contributed by atoms with Gasteiger partial charge in [-0.25, -0.2) is 4.79 Å². The van der Waals surface area contributed by atoms with Gasteiger partial charge in [-0.15, -0.1) is 0 Å². The normalized spacial score (nSPS) is 30.6. The predicted octanol–water partition coefficient (Wildman–Crippen LogP) is 2.60. The van der Waals surface area contributed by atoms with Crippen LogP contribution < -0.4 is 10.6 Å². The van der Waals surface area contributed by atoms with E-state index in [1.165, 1.54) is 0 Å². The lowest BCUT2D eigenvalue weighted by Gasteiger charge is -2.37. The van der Waals surface area contributed by atoms with Crippen LogP contribution in [0.1, 0.15) is 51.0 Å². The minimum atomic E-state index is -0.749. The summed E-state index contributed by atoms with van der Waals surface area (Å²) in [5, 5.41) is 17.1. The van der Waals surface area contributed by atoms with Gasteiger partial charge in [0.15, 0.2) is 0 Å². The van der Waals surface area contributed by atoms with Crippen molar-refractivity contribution in [1.82, 2.24) is 15.5 Å². The quantitative estimate of drug-likeness (QED) is 0.786. The van der Waals surface area contributed by atoms with E-state index in [0.29, 0.717) is 12.8 Å². The van der Waals surface area contributed by atoms with Gasteiger partial charge in [-0.1, -0.05) is 37.3 Å². The number of aliphatic hydroxyl groups is 1. The Morgan fingerprint density at radius 2 is 1.84 bits per heavy atom. The third kappa shape index (κ3) is 4.73. The molecule has 2 amide bonds. The number of likely N-dealkylation sites (tertiary alicyclic amines) is 1. The van der Waals surface area contributed by atoms with E-state index < -0.39 is 5.60 Å². The topological polar surface area (TPSA) is 64.6 Å². The molecule has 2 aliphatic rings. The molecule has 1 aromatic rings. The standard InChI is InChI=1S/C20H31N3O2/c1-2-23-14-6-9-18(15-23)22-19(24)21-17-10-12-20(25,13-11-17)16-7-4-3-5-8-16/h3-5,7-8,17-18,25H,2,6,9-15H2,1H3,(H2,21,22,24). The molecule has 1 atom stereocenters. The van der Waals surface area contributed by atoms with E-state index in [9.17, 15) is 9.90 Å². The highest BCUT2D eigenvalue weighted by molar-refractivity contribution is 5.74. The van der Waals surface area contributed by atoms with Crippen molar-refractivity contribution in [3.05, 3.63) is 35.9 Å². The van der Waals surface area contributed by atoms with Gasteiger partial charge in [0.25, 0.3) is 0 Å².